The molecule has 0 aliphatic heterocycles. The summed E-state index contributed by atoms with van der Waals surface area (Å²) in [6.45, 7) is 0. The number of carboxylic acid groups (broad SMARTS) is 1. The highest BCUT2D eigenvalue weighted by molar-refractivity contribution is 6.12. The maximum absolute atomic E-state index is 12.8. The number of aliphatic carboxylic acids is 1. The van der Waals surface area contributed by atoms with Gasteiger partial charge in [-0.25, -0.2) is 0 Å². The van der Waals surface area contributed by atoms with Gasteiger partial charge in [-0.1, -0.05) is 28.9 Å². The summed E-state index contributed by atoms with van der Waals surface area (Å²) in [7, 11) is 0. The quantitative estimate of drug-likeness (QED) is 0.312. The number of primary amides is 1. The van der Waals surface area contributed by atoms with Crippen molar-refractivity contribution < 1.29 is 37.3 Å². The second-order valence-electron chi connectivity index (χ2n) is 7.91. The predicted molar refractivity (Wildman–Crippen MR) is 129 cm³/mol. The van der Waals surface area contributed by atoms with Gasteiger partial charge in [-0.3, -0.25) is 14.6 Å². The van der Waals surface area contributed by atoms with Crippen LogP contribution < -0.4 is 20.8 Å². The molecule has 2 aromatic heterocycles. The number of carbonyl (C=O) groups excluding carboxylic acids is 3. The summed E-state index contributed by atoms with van der Waals surface area (Å²) >= 11 is 0. The van der Waals surface area contributed by atoms with Crippen molar-refractivity contribution in [3.63, 3.8) is 0 Å². The fourth-order valence-electron chi connectivity index (χ4n) is 3.64. The van der Waals surface area contributed by atoms with Gasteiger partial charge >= 0.3 is 6.18 Å². The van der Waals surface area contributed by atoms with Gasteiger partial charge in [-0.2, -0.15) is 18.3 Å². The third kappa shape index (κ3) is 5.59. The van der Waals surface area contributed by atoms with Crippen LogP contribution in [0.25, 0.3) is 27.5 Å². The highest BCUT2D eigenvalue weighted by Gasteiger charge is 2.28. The number of para-hydroxylation sites is 2. The summed E-state index contributed by atoms with van der Waals surface area (Å²) in [5.74, 6) is -3.69. The molecule has 12 heteroatoms. The maximum Gasteiger partial charge on any atom is 0.430 e. The van der Waals surface area contributed by atoms with Gasteiger partial charge in [0.05, 0.1) is 22.0 Å². The second kappa shape index (κ2) is 10.4. The van der Waals surface area contributed by atoms with Gasteiger partial charge in [-0.15, -0.1) is 0 Å². The van der Waals surface area contributed by atoms with Crippen molar-refractivity contribution in [1.29, 1.82) is 0 Å². The van der Waals surface area contributed by atoms with Crippen molar-refractivity contribution in [2.75, 3.05) is 5.32 Å². The van der Waals surface area contributed by atoms with Gasteiger partial charge in [0.25, 0.3) is 11.8 Å². The van der Waals surface area contributed by atoms with E-state index in [1.165, 1.54) is 0 Å². The summed E-state index contributed by atoms with van der Waals surface area (Å²) < 4.78 is 33.4. The number of aromatic nitrogens is 3. The van der Waals surface area contributed by atoms with Gasteiger partial charge in [0, 0.05) is 29.4 Å². The molecule has 0 saturated heterocycles. The molecule has 38 heavy (non-hydrogen) atoms. The number of halogens is 3. The first kappa shape index (κ1) is 25.8. The number of rotatable bonds is 4. The first-order chi connectivity index (χ1) is 18.0. The largest absolute Gasteiger partial charge is 0.542 e. The van der Waals surface area contributed by atoms with Crippen molar-refractivity contribution in [3.05, 3.63) is 96.3 Å². The molecule has 0 spiro atoms. The molecule has 0 aliphatic rings. The molecule has 0 atom stereocenters. The number of hydrogen-bond acceptors (Lipinski definition) is 5. The zero-order chi connectivity index (χ0) is 27.4. The molecule has 5 aromatic rings. The Morgan fingerprint density at radius 2 is 1.61 bits per heavy atom. The van der Waals surface area contributed by atoms with Crippen LogP contribution in [-0.2, 0) is 4.79 Å². The molecule has 9 nitrogen and oxygen atoms in total. The van der Waals surface area contributed by atoms with E-state index in [0.717, 1.165) is 22.0 Å². The molecule has 0 saturated carbocycles. The Kier molecular flexibility index (Phi) is 7.06. The number of nitrogens with zero attached hydrogens (tertiary/aromatic N) is 2. The van der Waals surface area contributed by atoms with Crippen LogP contribution >= 0.6 is 0 Å². The number of carboxylic acids is 1. The number of fused-ring (bicyclic) bond motifs is 2. The molecule has 0 fully saturated rings. The van der Waals surface area contributed by atoms with E-state index >= 15 is 0 Å². The Labute approximate surface area is 212 Å². The highest BCUT2D eigenvalue weighted by atomic mass is 19.4. The molecule has 192 valence electrons. The first-order valence-corrected chi connectivity index (χ1v) is 10.9. The Hall–Kier alpha value is -5.26. The number of pyridine rings is 1. The van der Waals surface area contributed by atoms with E-state index in [-0.39, 0.29) is 5.91 Å². The lowest BCUT2D eigenvalue weighted by atomic mass is 10.1. The van der Waals surface area contributed by atoms with Crippen molar-refractivity contribution in [2.45, 2.75) is 6.18 Å². The van der Waals surface area contributed by atoms with Gasteiger partial charge in [0.1, 0.15) is 11.5 Å². The Morgan fingerprint density at radius 1 is 0.921 bits per heavy atom. The number of alkyl halides is 3. The number of nitrogens with one attached hydrogen (secondary N) is 2. The van der Waals surface area contributed by atoms with E-state index in [1.807, 2.05) is 60.8 Å². The van der Waals surface area contributed by atoms with Crippen molar-refractivity contribution >= 4 is 45.3 Å². The molecular formula is C26H18F3N5O4. The van der Waals surface area contributed by atoms with E-state index in [9.17, 15) is 22.8 Å². The maximum atomic E-state index is 12.8. The van der Waals surface area contributed by atoms with Crippen LogP contribution in [0, 0.1) is 0 Å². The lowest BCUT2D eigenvalue weighted by molar-refractivity contribution is -0.653. The molecule has 0 bridgehead atoms. The van der Waals surface area contributed by atoms with Gasteiger partial charge in [0.15, 0.2) is 0 Å². The van der Waals surface area contributed by atoms with Crippen LogP contribution in [0.2, 0.25) is 0 Å². The van der Waals surface area contributed by atoms with Crippen molar-refractivity contribution in [1.82, 2.24) is 10.1 Å². The number of amides is 2. The second-order valence-corrected chi connectivity index (χ2v) is 7.91. The van der Waals surface area contributed by atoms with Gasteiger partial charge in [0.2, 0.25) is 11.9 Å². The van der Waals surface area contributed by atoms with Gasteiger partial charge < -0.3 is 21.0 Å². The highest BCUT2D eigenvalue weighted by Crippen LogP contribution is 2.19. The smallest absolute Gasteiger partial charge is 0.430 e. The Morgan fingerprint density at radius 3 is 2.26 bits per heavy atom. The third-order valence-electron chi connectivity index (χ3n) is 5.39. The Balaban J connectivity index is 0.000000426. The standard InChI is InChI=1S/C24H17N5O2.C2HF3O2/c25-23(30)20-6-3-4-15-14-29(28-22(15)20)17-10-8-16(9-11-17)27-24(31)19-12-13-26-21-7-2-1-5-18(19)21;3-2(4,5)1(6)7/h1-14H,(H3,25,27,30,31);(H,6,7). The number of carbonyl (C=O) groups is 3. The monoisotopic (exact) mass is 521 g/mol. The van der Waals surface area contributed by atoms with Crippen molar-refractivity contribution in [2.24, 2.45) is 5.73 Å². The van der Waals surface area contributed by atoms with Crippen LogP contribution in [-0.4, -0.2) is 34.0 Å². The number of benzene rings is 3. The number of aromatic amines is 1. The van der Waals surface area contributed by atoms with Crippen molar-refractivity contribution in [3.8, 4) is 5.69 Å². The molecule has 0 unspecified atom stereocenters. The normalized spacial score (nSPS) is 11.0. The molecule has 0 aliphatic carbocycles. The SMILES string of the molecule is NC(=O)c1cccc2c[n+](-c3ccc(NC(=O)c4ccnc5ccccc45)cc3)[nH]c12.O=C([O-])C(F)(F)F. The summed E-state index contributed by atoms with van der Waals surface area (Å²) in [6, 6.07) is 22.0. The van der Waals surface area contributed by atoms with E-state index in [0.29, 0.717) is 22.3 Å². The topological polar surface area (TPSA) is 145 Å². The number of anilines is 1. The molecule has 5 rings (SSSR count). The van der Waals surface area contributed by atoms with Crippen LogP contribution in [0.3, 0.4) is 0 Å². The minimum Gasteiger partial charge on any atom is -0.542 e. The minimum absolute atomic E-state index is 0.198. The molecule has 2 amide bonds. The molecule has 4 N–H and O–H groups in total. The average Bonchev–Trinajstić information content (AvgIpc) is 3.33. The molecule has 3 aromatic carbocycles. The van der Waals surface area contributed by atoms with E-state index in [4.69, 9.17) is 15.6 Å². The fraction of sp³-hybridized carbons (Fsp3) is 0.0385. The number of hydrogen-bond donors (Lipinski definition) is 3. The summed E-state index contributed by atoms with van der Waals surface area (Å²) in [5, 5.41) is 16.6. The zero-order valence-corrected chi connectivity index (χ0v) is 19.3. The van der Waals surface area contributed by atoms with E-state index < -0.39 is 18.1 Å². The third-order valence-corrected chi connectivity index (χ3v) is 5.39. The Bertz CT molecular complexity index is 1660. The summed E-state index contributed by atoms with van der Waals surface area (Å²) in [5.41, 5.74) is 9.44. The van der Waals surface area contributed by atoms with Gasteiger partial charge in [-0.05, 0) is 36.4 Å². The van der Waals surface area contributed by atoms with E-state index in [2.05, 4.69) is 15.4 Å². The summed E-state index contributed by atoms with van der Waals surface area (Å²) in [4.78, 5) is 37.5. The van der Waals surface area contributed by atoms with Crippen LogP contribution in [0.15, 0.2) is 85.2 Å². The average molecular weight is 521 g/mol. The first-order valence-electron chi connectivity index (χ1n) is 10.9. The number of nitrogens with two attached hydrogens (primary N) is 1. The molecular weight excluding hydrogens is 503 g/mol. The molecule has 0 radical (unpaired) electrons. The van der Waals surface area contributed by atoms with Crippen LogP contribution in [0.5, 0.6) is 0 Å². The minimum atomic E-state index is -5.19. The summed E-state index contributed by atoms with van der Waals surface area (Å²) in [6.07, 6.45) is -1.67. The van der Waals surface area contributed by atoms with Crippen LogP contribution in [0.4, 0.5) is 18.9 Å². The predicted octanol–water partition coefficient (Wildman–Crippen LogP) is 2.64. The fourth-order valence-corrected chi connectivity index (χ4v) is 3.64. The lowest BCUT2D eigenvalue weighted by Gasteiger charge is -2.07. The van der Waals surface area contributed by atoms with Crippen LogP contribution in [0.1, 0.15) is 20.7 Å². The molecule has 2 heterocycles. The van der Waals surface area contributed by atoms with E-state index in [1.54, 1.807) is 29.1 Å². The zero-order valence-electron chi connectivity index (χ0n) is 19.3. The number of H-pyrrole nitrogens is 1. The lowest BCUT2D eigenvalue weighted by Crippen LogP contribution is -2.37.